The number of esters is 2. The molecule has 1 aliphatic carbocycles. The predicted octanol–water partition coefficient (Wildman–Crippen LogP) is 7.94. The fourth-order valence-corrected chi connectivity index (χ4v) is 7.05. The van der Waals surface area contributed by atoms with Crippen molar-refractivity contribution in [3.63, 3.8) is 0 Å². The van der Waals surface area contributed by atoms with Gasteiger partial charge in [0.25, 0.3) is 0 Å². The highest BCUT2D eigenvalue weighted by molar-refractivity contribution is 7.47. The van der Waals surface area contributed by atoms with Crippen molar-refractivity contribution in [2.45, 2.75) is 185 Å². The lowest BCUT2D eigenvalue weighted by atomic mass is 9.85. The second-order valence-electron chi connectivity index (χ2n) is 14.8. The fourth-order valence-electron chi connectivity index (χ4n) is 6.08. The van der Waals surface area contributed by atoms with E-state index in [1.165, 1.54) is 0 Å². The number of rotatable bonds is 34. The Hall–Kier alpha value is -2.71. The van der Waals surface area contributed by atoms with Crippen LogP contribution in [0.5, 0.6) is 0 Å². The molecule has 14 heteroatoms. The Labute approximate surface area is 353 Å². The molecule has 0 aromatic heterocycles. The quantitative estimate of drug-likeness (QED) is 0.0157. The van der Waals surface area contributed by atoms with Crippen molar-refractivity contribution in [2.75, 3.05) is 13.2 Å². The third-order valence-corrected chi connectivity index (χ3v) is 10.5. The maximum atomic E-state index is 12.8. The topological polar surface area (TPSA) is 210 Å². The number of aliphatic hydroxyl groups excluding tert-OH is 5. The van der Waals surface area contributed by atoms with Gasteiger partial charge in [0.1, 0.15) is 43.2 Å². The molecule has 1 fully saturated rings. The molecule has 1 aliphatic rings. The molecule has 6 unspecified atom stereocenters. The van der Waals surface area contributed by atoms with Crippen LogP contribution in [0.15, 0.2) is 72.9 Å². The monoisotopic (exact) mass is 854 g/mol. The molecule has 1 rings (SSSR count). The second kappa shape index (κ2) is 34.9. The van der Waals surface area contributed by atoms with E-state index in [1.54, 1.807) is 0 Å². The van der Waals surface area contributed by atoms with E-state index in [2.05, 4.69) is 86.8 Å². The molecular weight excluding hydrogens is 779 g/mol. The van der Waals surface area contributed by atoms with Crippen LogP contribution in [-0.2, 0) is 32.7 Å². The molecule has 0 radical (unpaired) electrons. The minimum absolute atomic E-state index is 0.0692. The summed E-state index contributed by atoms with van der Waals surface area (Å²) in [7, 11) is -5.13. The predicted molar refractivity (Wildman–Crippen MR) is 230 cm³/mol. The van der Waals surface area contributed by atoms with Crippen molar-refractivity contribution in [1.82, 2.24) is 0 Å². The molecule has 0 aromatic carbocycles. The summed E-state index contributed by atoms with van der Waals surface area (Å²) in [4.78, 5) is 35.6. The summed E-state index contributed by atoms with van der Waals surface area (Å²) in [6.45, 7) is 3.02. The second-order valence-corrected chi connectivity index (χ2v) is 16.2. The van der Waals surface area contributed by atoms with Gasteiger partial charge in [0.15, 0.2) is 6.10 Å². The van der Waals surface area contributed by atoms with Gasteiger partial charge in [-0.2, -0.15) is 0 Å². The maximum Gasteiger partial charge on any atom is 0.472 e. The van der Waals surface area contributed by atoms with Crippen LogP contribution in [-0.4, -0.2) is 98.3 Å². The van der Waals surface area contributed by atoms with Crippen LogP contribution in [0.2, 0.25) is 0 Å². The first-order valence-corrected chi connectivity index (χ1v) is 23.2. The number of hydrogen-bond acceptors (Lipinski definition) is 12. The van der Waals surface area contributed by atoms with Crippen molar-refractivity contribution in [3.8, 4) is 0 Å². The number of phosphoric ester groups is 1. The minimum Gasteiger partial charge on any atom is -0.462 e. The number of unbranched alkanes of at least 4 members (excludes halogenated alkanes) is 10. The van der Waals surface area contributed by atoms with Crippen LogP contribution in [0, 0.1) is 0 Å². The molecular formula is C45H75O13P. The van der Waals surface area contributed by atoms with E-state index in [-0.39, 0.29) is 12.8 Å². The third kappa shape index (κ3) is 27.7. The van der Waals surface area contributed by atoms with Crippen LogP contribution in [0.25, 0.3) is 0 Å². The first kappa shape index (κ1) is 54.3. The molecule has 0 heterocycles. The highest BCUT2D eigenvalue weighted by atomic mass is 31.2. The SMILES string of the molecule is CC/C=C/C/C=C/C/C=C/CCCCCCCC(=O)OC[C@H](COP(=O)(O)OC1C(O)C(O)C(O)[C@@H](O)C1O)OC(=O)CCCCCCC/C=C/C/C=C/C/C=C/CC. The van der Waals surface area contributed by atoms with Crippen molar-refractivity contribution < 1.29 is 63.1 Å². The van der Waals surface area contributed by atoms with Gasteiger partial charge in [0, 0.05) is 12.8 Å². The summed E-state index contributed by atoms with van der Waals surface area (Å²) >= 11 is 0. The molecule has 0 amide bonds. The molecule has 0 bridgehead atoms. The van der Waals surface area contributed by atoms with Gasteiger partial charge in [-0.1, -0.05) is 125 Å². The lowest BCUT2D eigenvalue weighted by Gasteiger charge is -2.41. The van der Waals surface area contributed by atoms with Gasteiger partial charge in [0.05, 0.1) is 6.61 Å². The molecule has 0 spiro atoms. The Morgan fingerprint density at radius 2 is 0.915 bits per heavy atom. The van der Waals surface area contributed by atoms with Crippen molar-refractivity contribution in [3.05, 3.63) is 72.9 Å². The molecule has 59 heavy (non-hydrogen) atoms. The average Bonchev–Trinajstić information content (AvgIpc) is 3.21. The lowest BCUT2D eigenvalue weighted by Crippen LogP contribution is -2.64. The van der Waals surface area contributed by atoms with Crippen LogP contribution < -0.4 is 0 Å². The normalized spacial score (nSPS) is 23.1. The van der Waals surface area contributed by atoms with Crippen LogP contribution in [0.1, 0.15) is 142 Å². The summed E-state index contributed by atoms with van der Waals surface area (Å²) in [5, 5.41) is 50.1. The molecule has 13 nitrogen and oxygen atoms in total. The molecule has 338 valence electrons. The van der Waals surface area contributed by atoms with Crippen molar-refractivity contribution in [1.29, 1.82) is 0 Å². The molecule has 0 saturated heterocycles. The number of phosphoric acid groups is 1. The molecule has 6 N–H and O–H groups in total. The summed E-state index contributed by atoms with van der Waals surface area (Å²) in [5.41, 5.74) is 0. The molecule has 1 saturated carbocycles. The zero-order valence-corrected chi connectivity index (χ0v) is 36.4. The van der Waals surface area contributed by atoms with Crippen molar-refractivity contribution in [2.24, 2.45) is 0 Å². The standard InChI is InChI=1S/C45H75O13P/c1-3-5-7-9-11-13-15-17-19-21-23-25-27-29-31-33-38(46)55-35-37(36-56-59(53,54)58-45-43(51)41(49)40(48)42(50)44(45)52)57-39(47)34-32-30-28-26-24-22-20-18-16-14-12-10-8-6-4-2/h5-8,11-14,17-20,37,40-45,48-52H,3-4,9-10,15-16,21-36H2,1-2H3,(H,53,54)/b7-5+,8-6+,13-11+,14-12+,19-17+,20-18+/t37-,40?,41-,42?,43?,44?,45?/m1/s1. The smallest absolute Gasteiger partial charge is 0.462 e. The van der Waals surface area contributed by atoms with Gasteiger partial charge in [-0.25, -0.2) is 4.57 Å². The Balaban J connectivity index is 2.52. The van der Waals surface area contributed by atoms with E-state index in [1.807, 2.05) is 0 Å². The Morgan fingerprint density at radius 1 is 0.525 bits per heavy atom. The van der Waals surface area contributed by atoms with E-state index < -0.39 is 75.7 Å². The molecule has 8 atom stereocenters. The number of ether oxygens (including phenoxy) is 2. The highest BCUT2D eigenvalue weighted by Crippen LogP contribution is 2.47. The average molecular weight is 855 g/mol. The third-order valence-electron chi connectivity index (χ3n) is 9.54. The number of carbonyl (C=O) groups is 2. The van der Waals surface area contributed by atoms with Crippen LogP contribution in [0.4, 0.5) is 0 Å². The molecule has 0 aliphatic heterocycles. The summed E-state index contributed by atoms with van der Waals surface area (Å²) in [6.07, 6.45) is 29.6. The van der Waals surface area contributed by atoms with Crippen LogP contribution in [0.3, 0.4) is 0 Å². The van der Waals surface area contributed by atoms with E-state index >= 15 is 0 Å². The van der Waals surface area contributed by atoms with E-state index in [0.29, 0.717) is 12.8 Å². The summed E-state index contributed by atoms with van der Waals surface area (Å²) in [6, 6.07) is 0. The van der Waals surface area contributed by atoms with Gasteiger partial charge in [-0.15, -0.1) is 0 Å². The largest absolute Gasteiger partial charge is 0.472 e. The zero-order chi connectivity index (χ0) is 43.6. The van der Waals surface area contributed by atoms with E-state index in [4.69, 9.17) is 18.5 Å². The number of aliphatic hydroxyl groups is 5. The van der Waals surface area contributed by atoms with Gasteiger partial charge >= 0.3 is 19.8 Å². The zero-order valence-electron chi connectivity index (χ0n) is 35.5. The summed E-state index contributed by atoms with van der Waals surface area (Å²) in [5.74, 6) is -1.15. The number of allylic oxidation sites excluding steroid dienone is 12. The van der Waals surface area contributed by atoms with E-state index in [9.17, 15) is 44.6 Å². The minimum atomic E-state index is -5.13. The number of hydrogen-bond donors (Lipinski definition) is 6. The molecule has 0 aromatic rings. The Kier molecular flexibility index (Phi) is 32.2. The van der Waals surface area contributed by atoms with Gasteiger partial charge in [-0.05, 0) is 77.0 Å². The van der Waals surface area contributed by atoms with Gasteiger partial charge in [0.2, 0.25) is 0 Å². The Morgan fingerprint density at radius 3 is 1.39 bits per heavy atom. The first-order chi connectivity index (χ1) is 28.4. The van der Waals surface area contributed by atoms with Gasteiger partial charge in [-0.3, -0.25) is 18.6 Å². The Bertz CT molecular complexity index is 1310. The van der Waals surface area contributed by atoms with Gasteiger partial charge < -0.3 is 39.9 Å². The van der Waals surface area contributed by atoms with Crippen LogP contribution >= 0.6 is 7.82 Å². The maximum absolute atomic E-state index is 12.8. The highest BCUT2D eigenvalue weighted by Gasteiger charge is 2.51. The van der Waals surface area contributed by atoms with E-state index in [0.717, 1.165) is 103 Å². The first-order valence-electron chi connectivity index (χ1n) is 21.7. The van der Waals surface area contributed by atoms with Crippen molar-refractivity contribution >= 4 is 19.8 Å². The summed E-state index contributed by atoms with van der Waals surface area (Å²) < 4.78 is 33.4. The number of carbonyl (C=O) groups excluding carboxylic acids is 2. The fraction of sp³-hybridized carbons (Fsp3) is 0.689. The lowest BCUT2D eigenvalue weighted by molar-refractivity contribution is -0.220.